The molecule has 0 spiro atoms. The molecule has 0 saturated heterocycles. The third-order valence-electron chi connectivity index (χ3n) is 5.88. The molecule has 1 unspecified atom stereocenters. The summed E-state index contributed by atoms with van der Waals surface area (Å²) in [4.78, 5) is 38.4. The zero-order valence-corrected chi connectivity index (χ0v) is 22.4. The molecular formula is C20H29F4N5O8P2. The van der Waals surface area contributed by atoms with E-state index in [9.17, 15) is 37.4 Å². The van der Waals surface area contributed by atoms with Crippen molar-refractivity contribution in [3.63, 3.8) is 0 Å². The van der Waals surface area contributed by atoms with E-state index in [2.05, 4.69) is 24.8 Å². The molecule has 220 valence electrons. The van der Waals surface area contributed by atoms with Crippen molar-refractivity contribution in [1.29, 1.82) is 0 Å². The fourth-order valence-electron chi connectivity index (χ4n) is 4.10. The van der Waals surface area contributed by atoms with Gasteiger partial charge in [-0.2, -0.15) is 13.2 Å². The maximum absolute atomic E-state index is 15.3. The number of fused-ring (bicyclic) bond motifs is 1. The van der Waals surface area contributed by atoms with Crippen LogP contribution in [0.5, 0.6) is 0 Å². The van der Waals surface area contributed by atoms with Crippen LogP contribution in [0.4, 0.5) is 23.4 Å². The lowest BCUT2D eigenvalue weighted by Gasteiger charge is -2.25. The van der Waals surface area contributed by atoms with Gasteiger partial charge in [-0.25, -0.2) is 19.3 Å². The summed E-state index contributed by atoms with van der Waals surface area (Å²) in [6.45, 7) is 0.624. The molecule has 13 nitrogen and oxygen atoms in total. The number of rotatable bonds is 12. The second-order valence-electron chi connectivity index (χ2n) is 9.05. The molecule has 3 rings (SSSR count). The summed E-state index contributed by atoms with van der Waals surface area (Å²) in [5.74, 6) is -3.31. The van der Waals surface area contributed by atoms with E-state index < -0.39 is 63.9 Å². The van der Waals surface area contributed by atoms with Crippen LogP contribution in [-0.2, 0) is 19.8 Å². The predicted molar refractivity (Wildman–Crippen MR) is 129 cm³/mol. The Kier molecular flexibility index (Phi) is 9.93. The van der Waals surface area contributed by atoms with Crippen LogP contribution in [0.15, 0.2) is 18.0 Å². The Balaban J connectivity index is 1.89. The molecular weight excluding hydrogens is 576 g/mol. The summed E-state index contributed by atoms with van der Waals surface area (Å²) in [5, 5.41) is 24.1. The zero-order valence-electron chi connectivity index (χ0n) is 20.6. The van der Waals surface area contributed by atoms with Crippen molar-refractivity contribution < 1.29 is 56.1 Å². The first-order valence-electron chi connectivity index (χ1n) is 11.8. The molecule has 19 heteroatoms. The molecule has 4 atom stereocenters. The molecule has 1 fully saturated rings. The smallest absolute Gasteiger partial charge is 0.385 e. The number of nitrogens with one attached hydrogen (secondary N) is 1. The van der Waals surface area contributed by atoms with Crippen LogP contribution < -0.4 is 5.32 Å². The van der Waals surface area contributed by atoms with E-state index in [0.29, 0.717) is 17.4 Å². The normalized spacial score (nSPS) is 19.7. The molecule has 1 aliphatic carbocycles. The number of aliphatic hydroxyl groups excluding tert-OH is 2. The summed E-state index contributed by atoms with van der Waals surface area (Å²) in [6.07, 6.45) is -6.82. The van der Waals surface area contributed by atoms with Crippen molar-refractivity contribution in [2.24, 2.45) is 0 Å². The summed E-state index contributed by atoms with van der Waals surface area (Å²) >= 11 is 0. The number of aliphatic hydroxyl groups is 2. The molecule has 0 amide bonds. The number of aromatic nitrogens is 4. The van der Waals surface area contributed by atoms with Gasteiger partial charge in [0.05, 0.1) is 12.9 Å². The average molecular weight is 605 g/mol. The van der Waals surface area contributed by atoms with Gasteiger partial charge < -0.3 is 34.7 Å². The highest BCUT2D eigenvalue weighted by Gasteiger charge is 2.39. The molecule has 1 saturated carbocycles. The number of imidazole rings is 1. The maximum Gasteiger partial charge on any atom is 0.451 e. The second kappa shape index (κ2) is 12.3. The van der Waals surface area contributed by atoms with E-state index >= 15 is 4.39 Å². The molecule has 0 aliphatic heterocycles. The summed E-state index contributed by atoms with van der Waals surface area (Å²) in [5.41, 5.74) is -1.08. The highest BCUT2D eigenvalue weighted by atomic mass is 31.2. The van der Waals surface area contributed by atoms with Crippen molar-refractivity contribution in [3.05, 3.63) is 23.8 Å². The molecule has 1 aliphatic rings. The fourth-order valence-corrected chi connectivity index (χ4v) is 6.64. The van der Waals surface area contributed by atoms with Crippen LogP contribution in [0, 0.1) is 0 Å². The molecule has 2 aromatic rings. The van der Waals surface area contributed by atoms with Crippen LogP contribution in [0.3, 0.4) is 0 Å². The highest BCUT2D eigenvalue weighted by Crippen LogP contribution is 2.55. The lowest BCUT2D eigenvalue weighted by atomic mass is 10.0. The van der Waals surface area contributed by atoms with Gasteiger partial charge in [0.25, 0.3) is 0 Å². The van der Waals surface area contributed by atoms with Crippen LogP contribution in [0.25, 0.3) is 11.2 Å². The van der Waals surface area contributed by atoms with Gasteiger partial charge in [0.15, 0.2) is 35.3 Å². The Hall–Kier alpha value is -1.97. The van der Waals surface area contributed by atoms with Gasteiger partial charge in [0.2, 0.25) is 5.82 Å². The summed E-state index contributed by atoms with van der Waals surface area (Å²) < 4.78 is 84.1. The largest absolute Gasteiger partial charge is 0.451 e. The molecule has 0 radical (unpaired) electrons. The first-order chi connectivity index (χ1) is 18.0. The number of hydrogen-bond acceptors (Lipinski definition) is 9. The Morgan fingerprint density at radius 3 is 2.44 bits per heavy atom. The molecule has 6 N–H and O–H groups in total. The van der Waals surface area contributed by atoms with Crippen molar-refractivity contribution >= 4 is 32.2 Å². The number of alkyl halides is 4. The number of anilines is 1. The van der Waals surface area contributed by atoms with E-state index in [4.69, 9.17) is 9.79 Å². The van der Waals surface area contributed by atoms with E-state index in [-0.39, 0.29) is 29.4 Å². The van der Waals surface area contributed by atoms with Crippen LogP contribution >= 0.6 is 15.2 Å². The van der Waals surface area contributed by atoms with Gasteiger partial charge in [-0.1, -0.05) is 25.8 Å². The lowest BCUT2D eigenvalue weighted by molar-refractivity contribution is -0.144. The monoisotopic (exact) mass is 605 g/mol. The lowest BCUT2D eigenvalue weighted by Crippen LogP contribution is -2.34. The van der Waals surface area contributed by atoms with Gasteiger partial charge in [0, 0.05) is 6.04 Å². The first kappa shape index (κ1) is 31.6. The van der Waals surface area contributed by atoms with Crippen LogP contribution in [0.1, 0.15) is 51.1 Å². The van der Waals surface area contributed by atoms with Gasteiger partial charge >= 0.3 is 21.4 Å². The minimum Gasteiger partial charge on any atom is -0.385 e. The Labute approximate surface area is 219 Å². The van der Waals surface area contributed by atoms with Crippen molar-refractivity contribution in [2.75, 3.05) is 17.8 Å². The predicted octanol–water partition coefficient (Wildman–Crippen LogP) is 3.06. The quantitative estimate of drug-likeness (QED) is 0.118. The average Bonchev–Trinajstić information content (AvgIpc) is 3.48. The third kappa shape index (κ3) is 8.27. The number of nitrogens with zero attached hydrogens (tertiary/aromatic N) is 4. The molecule has 0 aromatic carbocycles. The molecule has 2 aromatic heterocycles. The second-order valence-corrected chi connectivity index (χ2v) is 13.0. The van der Waals surface area contributed by atoms with Gasteiger partial charge in [-0.05, 0) is 24.8 Å². The van der Waals surface area contributed by atoms with Crippen molar-refractivity contribution in [3.8, 4) is 0 Å². The van der Waals surface area contributed by atoms with Crippen LogP contribution in [-0.4, -0.2) is 75.2 Å². The SMILES string of the molecule is CC/C=C(/COP(=O)(O)CP(=O)(O)O)[C@@H](O)[C@H](F)[C@@H](O)n1cnc2c(NC3CCCC3)nc(C(F)(F)F)nc21. The van der Waals surface area contributed by atoms with E-state index in [0.717, 1.165) is 19.2 Å². The van der Waals surface area contributed by atoms with Crippen LogP contribution in [0.2, 0.25) is 0 Å². The Morgan fingerprint density at radius 2 is 1.87 bits per heavy atom. The Bertz CT molecular complexity index is 1280. The van der Waals surface area contributed by atoms with Crippen molar-refractivity contribution in [1.82, 2.24) is 19.5 Å². The summed E-state index contributed by atoms with van der Waals surface area (Å²) in [7, 11) is -9.80. The van der Waals surface area contributed by atoms with Gasteiger partial charge in [0.1, 0.15) is 6.10 Å². The first-order valence-corrected chi connectivity index (χ1v) is 15.4. The standard InChI is InChI=1S/C20H29F4N5O8P2/c1-2-5-11(8-37-39(35,36)10-38(32,33)34)15(30)13(21)18(31)29-9-25-14-16(26-12-6-3-4-7-12)27-19(20(22,23)24)28-17(14)29/h5,9,12-13,15,18,30-31H,2-4,6-8,10H2,1H3,(H,35,36)(H,26,27,28)(H2,32,33,34)/b11-5-/t13-,15+,18+/m0/s1. The van der Waals surface area contributed by atoms with E-state index in [1.807, 2.05) is 0 Å². The fraction of sp³-hybridized carbons (Fsp3) is 0.650. The zero-order chi connectivity index (χ0) is 29.2. The third-order valence-corrected chi connectivity index (χ3v) is 9.32. The highest BCUT2D eigenvalue weighted by molar-refractivity contribution is 7.70. The van der Waals surface area contributed by atoms with E-state index in [1.54, 1.807) is 6.92 Å². The van der Waals surface area contributed by atoms with E-state index in [1.165, 1.54) is 6.08 Å². The van der Waals surface area contributed by atoms with Gasteiger partial charge in [-0.15, -0.1) is 0 Å². The number of halogens is 4. The molecule has 39 heavy (non-hydrogen) atoms. The minimum absolute atomic E-state index is 0.152. The summed E-state index contributed by atoms with van der Waals surface area (Å²) in [6, 6.07) is -0.162. The maximum atomic E-state index is 15.3. The number of allylic oxidation sites excluding steroid dienone is 1. The number of hydrogen-bond donors (Lipinski definition) is 6. The Morgan fingerprint density at radius 1 is 1.23 bits per heavy atom. The molecule has 2 heterocycles. The minimum atomic E-state index is -4.98. The topological polar surface area (TPSA) is 200 Å². The van der Waals surface area contributed by atoms with Crippen molar-refractivity contribution in [2.45, 2.75) is 69.7 Å². The molecule has 0 bridgehead atoms. The van der Waals surface area contributed by atoms with Gasteiger partial charge in [-0.3, -0.25) is 13.7 Å².